The topological polar surface area (TPSA) is 32.3 Å². The summed E-state index contributed by atoms with van der Waals surface area (Å²) in [7, 11) is 0. The number of likely N-dealkylation sites (tertiary alicyclic amines) is 1. The standard InChI is InChI=1S/C19H26N2OS/c1-3-14-12-21(19(22)4-2)10-9-17(14)20-11-15-13-23-18-8-6-5-7-16(15)18/h5-8,13-14,17,20H,3-4,9-12H2,1-2H3/t14-,17+/m1/s1. The van der Waals surface area contributed by atoms with Gasteiger partial charge < -0.3 is 10.2 Å². The highest BCUT2D eigenvalue weighted by molar-refractivity contribution is 7.17. The van der Waals surface area contributed by atoms with E-state index in [0.29, 0.717) is 24.3 Å². The van der Waals surface area contributed by atoms with Crippen molar-refractivity contribution >= 4 is 27.3 Å². The minimum absolute atomic E-state index is 0.297. The molecule has 1 amide bonds. The number of nitrogens with zero attached hydrogens (tertiary/aromatic N) is 1. The van der Waals surface area contributed by atoms with Crippen molar-refractivity contribution in [1.82, 2.24) is 10.2 Å². The molecule has 1 fully saturated rings. The molecule has 4 heteroatoms. The SMILES string of the molecule is CCC(=O)N1CC[C@H](NCc2csc3ccccc23)[C@H](CC)C1. The molecule has 1 saturated heterocycles. The van der Waals surface area contributed by atoms with E-state index in [4.69, 9.17) is 0 Å². The molecular formula is C19H26N2OS. The van der Waals surface area contributed by atoms with E-state index >= 15 is 0 Å². The van der Waals surface area contributed by atoms with E-state index in [9.17, 15) is 4.79 Å². The van der Waals surface area contributed by atoms with Crippen LogP contribution in [0.3, 0.4) is 0 Å². The first-order chi connectivity index (χ1) is 11.2. The highest BCUT2D eigenvalue weighted by Gasteiger charge is 2.29. The van der Waals surface area contributed by atoms with Gasteiger partial charge in [-0.1, -0.05) is 38.5 Å². The Morgan fingerprint density at radius 3 is 2.96 bits per heavy atom. The molecule has 2 heterocycles. The summed E-state index contributed by atoms with van der Waals surface area (Å²) in [6, 6.07) is 9.13. The van der Waals surface area contributed by atoms with Crippen LogP contribution in [0, 0.1) is 5.92 Å². The normalized spacial score (nSPS) is 21.7. The smallest absolute Gasteiger partial charge is 0.222 e. The number of amides is 1. The van der Waals surface area contributed by atoms with Crippen LogP contribution < -0.4 is 5.32 Å². The average molecular weight is 330 g/mol. The Morgan fingerprint density at radius 1 is 1.35 bits per heavy atom. The number of fused-ring (bicyclic) bond motifs is 1. The zero-order chi connectivity index (χ0) is 16.2. The summed E-state index contributed by atoms with van der Waals surface area (Å²) in [5.74, 6) is 0.856. The summed E-state index contributed by atoms with van der Waals surface area (Å²) in [5, 5.41) is 7.41. The first-order valence-corrected chi connectivity index (χ1v) is 9.57. The average Bonchev–Trinajstić information content (AvgIpc) is 3.02. The summed E-state index contributed by atoms with van der Waals surface area (Å²) in [6.45, 7) is 6.91. The van der Waals surface area contributed by atoms with Crippen molar-refractivity contribution in [3.8, 4) is 0 Å². The Morgan fingerprint density at radius 2 is 2.17 bits per heavy atom. The number of carbonyl (C=O) groups excluding carboxylic acids is 1. The second-order valence-corrected chi connectivity index (χ2v) is 7.31. The van der Waals surface area contributed by atoms with Gasteiger partial charge in [0, 0.05) is 36.8 Å². The van der Waals surface area contributed by atoms with Crippen LogP contribution in [0.15, 0.2) is 29.6 Å². The quantitative estimate of drug-likeness (QED) is 0.898. The van der Waals surface area contributed by atoms with Crippen molar-refractivity contribution < 1.29 is 4.79 Å². The number of hydrogen-bond donors (Lipinski definition) is 1. The first kappa shape index (κ1) is 16.5. The lowest BCUT2D eigenvalue weighted by Gasteiger charge is -2.38. The van der Waals surface area contributed by atoms with Crippen LogP contribution in [0.25, 0.3) is 10.1 Å². The molecule has 0 saturated carbocycles. The second-order valence-electron chi connectivity index (χ2n) is 6.39. The molecule has 124 valence electrons. The lowest BCUT2D eigenvalue weighted by molar-refractivity contribution is -0.133. The molecule has 23 heavy (non-hydrogen) atoms. The van der Waals surface area contributed by atoms with E-state index < -0.39 is 0 Å². The van der Waals surface area contributed by atoms with Crippen molar-refractivity contribution in [2.45, 2.75) is 45.7 Å². The first-order valence-electron chi connectivity index (χ1n) is 8.69. The molecule has 0 aliphatic carbocycles. The molecule has 1 aromatic heterocycles. The summed E-state index contributed by atoms with van der Waals surface area (Å²) in [4.78, 5) is 14.0. The van der Waals surface area contributed by atoms with Crippen LogP contribution in [-0.4, -0.2) is 29.9 Å². The minimum Gasteiger partial charge on any atom is -0.342 e. The van der Waals surface area contributed by atoms with Gasteiger partial charge in [0.25, 0.3) is 0 Å². The fraction of sp³-hybridized carbons (Fsp3) is 0.526. The number of thiophene rings is 1. The molecule has 2 atom stereocenters. The molecule has 2 aromatic rings. The zero-order valence-electron chi connectivity index (χ0n) is 14.0. The van der Waals surface area contributed by atoms with E-state index in [-0.39, 0.29) is 0 Å². The predicted octanol–water partition coefficient (Wildman–Crippen LogP) is 4.03. The Bertz CT molecular complexity index is 666. The van der Waals surface area contributed by atoms with Crippen LogP contribution in [0.4, 0.5) is 0 Å². The van der Waals surface area contributed by atoms with Gasteiger partial charge in [0.2, 0.25) is 5.91 Å². The third-order valence-electron chi connectivity index (χ3n) is 5.03. The largest absolute Gasteiger partial charge is 0.342 e. The van der Waals surface area contributed by atoms with Gasteiger partial charge in [0.1, 0.15) is 0 Å². The van der Waals surface area contributed by atoms with Crippen molar-refractivity contribution in [3.05, 3.63) is 35.2 Å². The molecular weight excluding hydrogens is 304 g/mol. The van der Waals surface area contributed by atoms with E-state index in [1.807, 2.05) is 23.2 Å². The number of benzene rings is 1. The molecule has 3 rings (SSSR count). The van der Waals surface area contributed by atoms with E-state index in [1.165, 1.54) is 15.6 Å². The molecule has 0 radical (unpaired) electrons. The molecule has 0 bridgehead atoms. The van der Waals surface area contributed by atoms with Crippen LogP contribution in [0.5, 0.6) is 0 Å². The monoisotopic (exact) mass is 330 g/mol. The van der Waals surface area contributed by atoms with Crippen molar-refractivity contribution in [1.29, 1.82) is 0 Å². The number of piperidine rings is 1. The van der Waals surface area contributed by atoms with Gasteiger partial charge in [0.15, 0.2) is 0 Å². The molecule has 1 aliphatic rings. The maximum atomic E-state index is 11.9. The summed E-state index contributed by atoms with van der Waals surface area (Å²) in [5.41, 5.74) is 1.40. The van der Waals surface area contributed by atoms with Crippen LogP contribution in [0.1, 0.15) is 38.7 Å². The Hall–Kier alpha value is -1.39. The van der Waals surface area contributed by atoms with Crippen molar-refractivity contribution in [2.75, 3.05) is 13.1 Å². The van der Waals surface area contributed by atoms with Crippen LogP contribution in [-0.2, 0) is 11.3 Å². The van der Waals surface area contributed by atoms with E-state index in [1.54, 1.807) is 0 Å². The van der Waals surface area contributed by atoms with Gasteiger partial charge in [-0.2, -0.15) is 0 Å². The number of rotatable bonds is 5. The molecule has 3 nitrogen and oxygen atoms in total. The van der Waals surface area contributed by atoms with E-state index in [2.05, 4.69) is 41.9 Å². The van der Waals surface area contributed by atoms with Crippen molar-refractivity contribution in [2.24, 2.45) is 5.92 Å². The molecule has 1 aliphatic heterocycles. The molecule has 0 spiro atoms. The summed E-state index contributed by atoms with van der Waals surface area (Å²) in [6.07, 6.45) is 2.80. The van der Waals surface area contributed by atoms with Gasteiger partial charge in [0.05, 0.1) is 0 Å². The number of nitrogens with one attached hydrogen (secondary N) is 1. The second kappa shape index (κ2) is 7.45. The summed E-state index contributed by atoms with van der Waals surface area (Å²) >= 11 is 1.82. The lowest BCUT2D eigenvalue weighted by atomic mass is 9.89. The number of carbonyl (C=O) groups is 1. The highest BCUT2D eigenvalue weighted by atomic mass is 32.1. The van der Waals surface area contributed by atoms with Gasteiger partial charge in [-0.05, 0) is 34.7 Å². The van der Waals surface area contributed by atoms with Crippen molar-refractivity contribution in [3.63, 3.8) is 0 Å². The maximum absolute atomic E-state index is 11.9. The predicted molar refractivity (Wildman–Crippen MR) is 97.7 cm³/mol. The Labute approximate surface area is 142 Å². The Kier molecular flexibility index (Phi) is 5.34. The molecule has 1 aromatic carbocycles. The number of hydrogen-bond acceptors (Lipinski definition) is 3. The fourth-order valence-corrected chi connectivity index (χ4v) is 4.54. The molecule has 1 N–H and O–H groups in total. The lowest BCUT2D eigenvalue weighted by Crippen LogP contribution is -2.50. The van der Waals surface area contributed by atoms with Gasteiger partial charge >= 0.3 is 0 Å². The van der Waals surface area contributed by atoms with Crippen LogP contribution >= 0.6 is 11.3 Å². The van der Waals surface area contributed by atoms with Gasteiger partial charge in [-0.3, -0.25) is 4.79 Å². The van der Waals surface area contributed by atoms with Crippen LogP contribution in [0.2, 0.25) is 0 Å². The van der Waals surface area contributed by atoms with Gasteiger partial charge in [-0.15, -0.1) is 11.3 Å². The summed E-state index contributed by atoms with van der Waals surface area (Å²) < 4.78 is 1.36. The van der Waals surface area contributed by atoms with E-state index in [0.717, 1.165) is 32.5 Å². The third-order valence-corrected chi connectivity index (χ3v) is 6.04. The third kappa shape index (κ3) is 3.59. The maximum Gasteiger partial charge on any atom is 0.222 e. The fourth-order valence-electron chi connectivity index (χ4n) is 3.58. The Balaban J connectivity index is 1.62. The highest BCUT2D eigenvalue weighted by Crippen LogP contribution is 2.27. The molecule has 0 unspecified atom stereocenters. The zero-order valence-corrected chi connectivity index (χ0v) is 14.9. The van der Waals surface area contributed by atoms with Gasteiger partial charge in [-0.25, -0.2) is 0 Å². The minimum atomic E-state index is 0.297.